The van der Waals surface area contributed by atoms with Crippen LogP contribution in [0.25, 0.3) is 15.9 Å². The van der Waals surface area contributed by atoms with Gasteiger partial charge in [-0.25, -0.2) is 14.5 Å². The molecule has 1 unspecified atom stereocenters. The van der Waals surface area contributed by atoms with E-state index in [0.29, 0.717) is 23.1 Å². The highest BCUT2D eigenvalue weighted by Crippen LogP contribution is 2.43. The number of rotatable bonds is 2. The third kappa shape index (κ3) is 3.50. The number of alkyl halides is 3. The summed E-state index contributed by atoms with van der Waals surface area (Å²) in [5.74, 6) is 1.04. The van der Waals surface area contributed by atoms with Crippen molar-refractivity contribution in [3.05, 3.63) is 40.0 Å². The molecule has 0 N–H and O–H groups in total. The zero-order chi connectivity index (χ0) is 22.1. The average Bonchev–Trinajstić information content (AvgIpc) is 3.34. The second-order valence-corrected chi connectivity index (χ2v) is 10.4. The van der Waals surface area contributed by atoms with E-state index in [1.165, 1.54) is 15.1 Å². The molecule has 0 bridgehead atoms. The SMILES string of the molecule is Cc1cc(C(F)(F)F)nn1Cc1nc2c3c4c(sc3ncn2n1)CC(C(C)(C)C)CC4. The fourth-order valence-corrected chi connectivity index (χ4v) is 5.63. The van der Waals surface area contributed by atoms with E-state index in [0.717, 1.165) is 35.5 Å². The minimum atomic E-state index is -4.47. The van der Waals surface area contributed by atoms with E-state index in [9.17, 15) is 13.2 Å². The van der Waals surface area contributed by atoms with Gasteiger partial charge in [-0.3, -0.25) is 4.68 Å². The Hall–Kier alpha value is -2.49. The third-order valence-corrected chi connectivity index (χ3v) is 7.38. The molecule has 0 saturated heterocycles. The van der Waals surface area contributed by atoms with Crippen molar-refractivity contribution < 1.29 is 13.2 Å². The minimum absolute atomic E-state index is 0.0729. The number of thiophene rings is 1. The Morgan fingerprint density at radius 3 is 2.65 bits per heavy atom. The van der Waals surface area contributed by atoms with Crippen molar-refractivity contribution in [2.45, 2.75) is 59.7 Å². The van der Waals surface area contributed by atoms with Gasteiger partial charge in [-0.05, 0) is 49.1 Å². The first-order valence-corrected chi connectivity index (χ1v) is 11.1. The minimum Gasteiger partial charge on any atom is -0.262 e. The molecule has 0 saturated carbocycles. The predicted octanol–water partition coefficient (Wildman–Crippen LogP) is 5.06. The van der Waals surface area contributed by atoms with Crippen molar-refractivity contribution >= 4 is 27.2 Å². The lowest BCUT2D eigenvalue weighted by Crippen LogP contribution is -2.26. The molecule has 5 rings (SSSR count). The number of fused-ring (bicyclic) bond motifs is 5. The van der Waals surface area contributed by atoms with Gasteiger partial charge in [0.25, 0.3) is 0 Å². The number of aromatic nitrogens is 6. The molecular weight excluding hydrogens is 425 g/mol. The summed E-state index contributed by atoms with van der Waals surface area (Å²) in [6.45, 7) is 8.54. The highest BCUT2D eigenvalue weighted by atomic mass is 32.1. The highest BCUT2D eigenvalue weighted by molar-refractivity contribution is 7.19. The zero-order valence-electron chi connectivity index (χ0n) is 17.8. The zero-order valence-corrected chi connectivity index (χ0v) is 18.6. The molecule has 0 spiro atoms. The van der Waals surface area contributed by atoms with Crippen LogP contribution in [0, 0.1) is 18.3 Å². The van der Waals surface area contributed by atoms with Crippen LogP contribution in [0.4, 0.5) is 13.2 Å². The molecule has 1 aliphatic rings. The lowest BCUT2D eigenvalue weighted by molar-refractivity contribution is -0.141. The van der Waals surface area contributed by atoms with Gasteiger partial charge in [0.05, 0.1) is 5.39 Å². The first-order valence-electron chi connectivity index (χ1n) is 10.3. The molecule has 0 amide bonds. The fourth-order valence-electron chi connectivity index (χ4n) is 4.37. The monoisotopic (exact) mass is 448 g/mol. The van der Waals surface area contributed by atoms with E-state index in [2.05, 4.69) is 40.9 Å². The topological polar surface area (TPSA) is 60.9 Å². The Morgan fingerprint density at radius 1 is 1.19 bits per heavy atom. The van der Waals surface area contributed by atoms with E-state index < -0.39 is 11.9 Å². The highest BCUT2D eigenvalue weighted by Gasteiger charge is 2.35. The summed E-state index contributed by atoms with van der Waals surface area (Å²) in [6.07, 6.45) is 0.304. The Balaban J connectivity index is 1.53. The first kappa shape index (κ1) is 20.4. The van der Waals surface area contributed by atoms with Crippen molar-refractivity contribution in [2.24, 2.45) is 11.3 Å². The molecule has 164 valence electrons. The predicted molar refractivity (Wildman–Crippen MR) is 112 cm³/mol. The van der Waals surface area contributed by atoms with Crippen molar-refractivity contribution in [2.75, 3.05) is 0 Å². The summed E-state index contributed by atoms with van der Waals surface area (Å²) in [4.78, 5) is 11.6. The number of hydrogen-bond donors (Lipinski definition) is 0. The molecule has 4 aromatic heterocycles. The molecular formula is C21H23F3N6S. The fraction of sp³-hybridized carbons (Fsp3) is 0.524. The molecule has 0 aliphatic heterocycles. The van der Waals surface area contributed by atoms with Crippen LogP contribution in [0.1, 0.15) is 54.8 Å². The summed E-state index contributed by atoms with van der Waals surface area (Å²) >= 11 is 1.72. The Bertz CT molecular complexity index is 1290. The van der Waals surface area contributed by atoms with E-state index in [-0.39, 0.29) is 12.0 Å². The smallest absolute Gasteiger partial charge is 0.262 e. The van der Waals surface area contributed by atoms with Crippen LogP contribution in [-0.2, 0) is 25.6 Å². The van der Waals surface area contributed by atoms with Gasteiger partial charge in [0.2, 0.25) is 0 Å². The van der Waals surface area contributed by atoms with E-state index >= 15 is 0 Å². The van der Waals surface area contributed by atoms with Gasteiger partial charge in [0, 0.05) is 10.6 Å². The summed E-state index contributed by atoms with van der Waals surface area (Å²) in [7, 11) is 0. The standard InChI is InChI=1S/C21H23F3N6S/c1-11-7-15(21(22,23)24)27-29(11)9-16-26-18-17-13-6-5-12(20(2,3)4)8-14(13)31-19(17)25-10-30(18)28-16/h7,10,12H,5-6,8-9H2,1-4H3. The van der Waals surface area contributed by atoms with Crippen LogP contribution in [-0.4, -0.2) is 29.4 Å². The molecule has 6 nitrogen and oxygen atoms in total. The molecule has 1 atom stereocenters. The third-order valence-electron chi connectivity index (χ3n) is 6.22. The maximum absolute atomic E-state index is 13.0. The van der Waals surface area contributed by atoms with Crippen molar-refractivity contribution in [3.8, 4) is 0 Å². The molecule has 4 heterocycles. The molecule has 4 aromatic rings. The average molecular weight is 449 g/mol. The van der Waals surface area contributed by atoms with Crippen LogP contribution < -0.4 is 0 Å². The second kappa shape index (κ2) is 6.75. The molecule has 10 heteroatoms. The van der Waals surface area contributed by atoms with Gasteiger partial charge in [0.1, 0.15) is 17.7 Å². The summed E-state index contributed by atoms with van der Waals surface area (Å²) in [5, 5.41) is 9.18. The van der Waals surface area contributed by atoms with Gasteiger partial charge >= 0.3 is 6.18 Å². The molecule has 1 aliphatic carbocycles. The molecule has 0 aromatic carbocycles. The maximum Gasteiger partial charge on any atom is 0.435 e. The maximum atomic E-state index is 13.0. The van der Waals surface area contributed by atoms with Crippen LogP contribution in [0.2, 0.25) is 0 Å². The van der Waals surface area contributed by atoms with E-state index in [1.807, 2.05) is 0 Å². The van der Waals surface area contributed by atoms with Crippen LogP contribution in [0.3, 0.4) is 0 Å². The quantitative estimate of drug-likeness (QED) is 0.430. The summed E-state index contributed by atoms with van der Waals surface area (Å²) in [6, 6.07) is 1.04. The molecule has 31 heavy (non-hydrogen) atoms. The van der Waals surface area contributed by atoms with Gasteiger partial charge in [-0.2, -0.15) is 18.3 Å². The largest absolute Gasteiger partial charge is 0.435 e. The van der Waals surface area contributed by atoms with Crippen LogP contribution in [0.15, 0.2) is 12.4 Å². The normalized spacial score (nSPS) is 17.6. The van der Waals surface area contributed by atoms with Crippen molar-refractivity contribution in [1.29, 1.82) is 0 Å². The molecule has 0 radical (unpaired) electrons. The van der Waals surface area contributed by atoms with E-state index in [4.69, 9.17) is 0 Å². The van der Waals surface area contributed by atoms with E-state index in [1.54, 1.807) is 29.1 Å². The first-order chi connectivity index (χ1) is 14.5. The van der Waals surface area contributed by atoms with Gasteiger partial charge in [-0.1, -0.05) is 20.8 Å². The van der Waals surface area contributed by atoms with Crippen molar-refractivity contribution in [1.82, 2.24) is 29.4 Å². The summed E-state index contributed by atoms with van der Waals surface area (Å²) < 4.78 is 41.8. The Labute approximate surface area is 181 Å². The number of aryl methyl sites for hydroxylation is 2. The number of nitrogens with zero attached hydrogens (tertiary/aromatic N) is 6. The Morgan fingerprint density at radius 2 is 1.97 bits per heavy atom. The lowest BCUT2D eigenvalue weighted by Gasteiger charge is -2.33. The Kier molecular flexibility index (Phi) is 4.45. The van der Waals surface area contributed by atoms with Crippen molar-refractivity contribution in [3.63, 3.8) is 0 Å². The van der Waals surface area contributed by atoms with Crippen LogP contribution in [0.5, 0.6) is 0 Å². The second-order valence-electron chi connectivity index (χ2n) is 9.36. The van der Waals surface area contributed by atoms with Gasteiger partial charge in [0.15, 0.2) is 17.2 Å². The number of hydrogen-bond acceptors (Lipinski definition) is 5. The van der Waals surface area contributed by atoms with Gasteiger partial charge < -0.3 is 0 Å². The number of halogens is 3. The van der Waals surface area contributed by atoms with Crippen LogP contribution >= 0.6 is 11.3 Å². The summed E-state index contributed by atoms with van der Waals surface area (Å²) in [5.41, 5.74) is 1.78. The lowest BCUT2D eigenvalue weighted by atomic mass is 9.72. The molecule has 0 fully saturated rings. The van der Waals surface area contributed by atoms with Gasteiger partial charge in [-0.15, -0.1) is 16.4 Å².